The summed E-state index contributed by atoms with van der Waals surface area (Å²) in [5.41, 5.74) is 1.18. The number of rotatable bonds is 7. The Kier molecular flexibility index (Phi) is 6.18. The molecule has 0 aliphatic heterocycles. The van der Waals surface area contributed by atoms with Crippen molar-refractivity contribution in [3.63, 3.8) is 0 Å². The van der Waals surface area contributed by atoms with E-state index in [-0.39, 0.29) is 11.2 Å². The molecule has 0 aromatic heterocycles. The summed E-state index contributed by atoms with van der Waals surface area (Å²) in [6.07, 6.45) is 0.809. The quantitative estimate of drug-likeness (QED) is 0.618. The van der Waals surface area contributed by atoms with Crippen molar-refractivity contribution in [2.24, 2.45) is 0 Å². The van der Waals surface area contributed by atoms with Crippen LogP contribution in [0.2, 0.25) is 0 Å². The molecule has 1 atom stereocenters. The van der Waals surface area contributed by atoms with Gasteiger partial charge < -0.3 is 10.1 Å². The molecule has 0 aliphatic rings. The first-order chi connectivity index (χ1) is 12.7. The number of hydrogen-bond acceptors (Lipinski definition) is 3. The first kappa shape index (κ1) is 18.3. The van der Waals surface area contributed by atoms with Gasteiger partial charge in [-0.2, -0.15) is 0 Å². The van der Waals surface area contributed by atoms with Crippen molar-refractivity contribution in [2.45, 2.75) is 23.5 Å². The minimum atomic E-state index is -0.132. The Morgan fingerprint density at radius 1 is 1.04 bits per heavy atom. The van der Waals surface area contributed by atoms with E-state index in [4.69, 9.17) is 4.74 Å². The Morgan fingerprint density at radius 2 is 1.77 bits per heavy atom. The number of amides is 1. The summed E-state index contributed by atoms with van der Waals surface area (Å²) in [5, 5.41) is 5.31. The zero-order valence-corrected chi connectivity index (χ0v) is 15.9. The zero-order valence-electron chi connectivity index (χ0n) is 15.1. The molecule has 3 rings (SSSR count). The fraction of sp³-hybridized carbons (Fsp3) is 0.227. The summed E-state index contributed by atoms with van der Waals surface area (Å²) in [6, 6.07) is 22.5. The highest BCUT2D eigenvalue weighted by Crippen LogP contribution is 2.27. The molecule has 3 nitrogen and oxygen atoms in total. The topological polar surface area (TPSA) is 38.3 Å². The van der Waals surface area contributed by atoms with Crippen LogP contribution in [0.3, 0.4) is 0 Å². The third-order valence-corrected chi connectivity index (χ3v) is 5.37. The van der Waals surface area contributed by atoms with E-state index in [1.807, 2.05) is 43.3 Å². The lowest BCUT2D eigenvalue weighted by atomic mass is 10.1. The van der Waals surface area contributed by atoms with Crippen molar-refractivity contribution < 1.29 is 9.53 Å². The van der Waals surface area contributed by atoms with Crippen molar-refractivity contribution in [1.82, 2.24) is 5.32 Å². The van der Waals surface area contributed by atoms with E-state index in [9.17, 15) is 4.79 Å². The van der Waals surface area contributed by atoms with Gasteiger partial charge in [0.05, 0.1) is 12.4 Å². The number of nitrogens with one attached hydrogen (secondary N) is 1. The van der Waals surface area contributed by atoms with E-state index in [1.165, 1.54) is 16.3 Å². The molecule has 3 aromatic carbocycles. The fourth-order valence-corrected chi connectivity index (χ4v) is 3.70. The van der Waals surface area contributed by atoms with Crippen LogP contribution < -0.4 is 10.1 Å². The van der Waals surface area contributed by atoms with Crippen molar-refractivity contribution in [1.29, 1.82) is 0 Å². The number of thioether (sulfide) groups is 1. The maximum Gasteiger partial charge on any atom is 0.233 e. The molecule has 0 bridgehead atoms. The number of methoxy groups -OCH3 is 1. The van der Waals surface area contributed by atoms with Crippen LogP contribution in [0.4, 0.5) is 0 Å². The molecule has 0 heterocycles. The smallest absolute Gasteiger partial charge is 0.233 e. The highest BCUT2D eigenvalue weighted by Gasteiger charge is 2.14. The Labute approximate surface area is 158 Å². The summed E-state index contributed by atoms with van der Waals surface area (Å²) in [7, 11) is 1.66. The summed E-state index contributed by atoms with van der Waals surface area (Å²) in [4.78, 5) is 13.5. The van der Waals surface area contributed by atoms with Crippen LogP contribution in [0.1, 0.15) is 12.5 Å². The van der Waals surface area contributed by atoms with Gasteiger partial charge in [-0.3, -0.25) is 4.79 Å². The normalized spacial score (nSPS) is 11.9. The summed E-state index contributed by atoms with van der Waals surface area (Å²) < 4.78 is 5.15. The zero-order chi connectivity index (χ0) is 18.4. The second-order valence-electron chi connectivity index (χ2n) is 6.16. The van der Waals surface area contributed by atoms with Gasteiger partial charge in [0.15, 0.2) is 0 Å². The lowest BCUT2D eigenvalue weighted by molar-refractivity contribution is -0.120. The van der Waals surface area contributed by atoms with Gasteiger partial charge >= 0.3 is 0 Å². The predicted octanol–water partition coefficient (Wildman–Crippen LogP) is 4.69. The predicted molar refractivity (Wildman–Crippen MR) is 109 cm³/mol. The largest absolute Gasteiger partial charge is 0.497 e. The van der Waals surface area contributed by atoms with Crippen molar-refractivity contribution in [3.8, 4) is 5.75 Å². The van der Waals surface area contributed by atoms with Crippen LogP contribution in [0, 0.1) is 0 Å². The molecule has 0 saturated carbocycles. The monoisotopic (exact) mass is 365 g/mol. The SMILES string of the molecule is COc1ccc(CCNC(=O)C(C)Sc2ccc3ccccc3c2)cc1. The molecular formula is C22H23NO2S. The number of benzene rings is 3. The van der Waals surface area contributed by atoms with Gasteiger partial charge in [-0.15, -0.1) is 11.8 Å². The number of hydrogen-bond donors (Lipinski definition) is 1. The maximum absolute atomic E-state index is 12.3. The van der Waals surface area contributed by atoms with E-state index in [0.29, 0.717) is 6.54 Å². The molecule has 0 spiro atoms. The first-order valence-electron chi connectivity index (χ1n) is 8.72. The van der Waals surface area contributed by atoms with Crippen LogP contribution in [0.5, 0.6) is 5.75 Å². The minimum Gasteiger partial charge on any atom is -0.497 e. The summed E-state index contributed by atoms with van der Waals surface area (Å²) in [5.74, 6) is 0.912. The van der Waals surface area contributed by atoms with Crippen LogP contribution >= 0.6 is 11.8 Å². The summed E-state index contributed by atoms with van der Waals surface area (Å²) in [6.45, 7) is 2.58. The average molecular weight is 365 g/mol. The average Bonchev–Trinajstić information content (AvgIpc) is 2.68. The molecule has 1 amide bonds. The Morgan fingerprint density at radius 3 is 2.50 bits per heavy atom. The van der Waals surface area contributed by atoms with Gasteiger partial charge in [0.1, 0.15) is 5.75 Å². The van der Waals surface area contributed by atoms with Crippen molar-refractivity contribution >= 4 is 28.4 Å². The maximum atomic E-state index is 12.3. The highest BCUT2D eigenvalue weighted by molar-refractivity contribution is 8.00. The number of carbonyl (C=O) groups is 1. The molecule has 0 saturated heterocycles. The second-order valence-corrected chi connectivity index (χ2v) is 7.57. The van der Waals surface area contributed by atoms with E-state index >= 15 is 0 Å². The van der Waals surface area contributed by atoms with Gasteiger partial charge in [-0.1, -0.05) is 42.5 Å². The number of fused-ring (bicyclic) bond motifs is 1. The Hall–Kier alpha value is -2.46. The standard InChI is InChI=1S/C22H23NO2S/c1-16(26-21-12-9-18-5-3-4-6-19(18)15-21)22(24)23-14-13-17-7-10-20(25-2)11-8-17/h3-12,15-16H,13-14H2,1-2H3,(H,23,24). The number of ether oxygens (including phenoxy) is 1. The molecule has 1 unspecified atom stereocenters. The summed E-state index contributed by atoms with van der Waals surface area (Å²) >= 11 is 1.59. The fourth-order valence-electron chi connectivity index (χ4n) is 2.76. The molecule has 0 aliphatic carbocycles. The van der Waals surface area contributed by atoms with Crippen LogP contribution in [-0.2, 0) is 11.2 Å². The molecule has 26 heavy (non-hydrogen) atoms. The van der Waals surface area contributed by atoms with Crippen LogP contribution in [0.25, 0.3) is 10.8 Å². The number of carbonyl (C=O) groups excluding carboxylic acids is 1. The molecule has 3 aromatic rings. The van der Waals surface area contributed by atoms with E-state index < -0.39 is 0 Å². The first-order valence-corrected chi connectivity index (χ1v) is 9.60. The second kappa shape index (κ2) is 8.77. The van der Waals surface area contributed by atoms with Crippen molar-refractivity contribution in [3.05, 3.63) is 72.3 Å². The molecule has 0 radical (unpaired) electrons. The van der Waals surface area contributed by atoms with Crippen LogP contribution in [-0.4, -0.2) is 24.8 Å². The molecule has 4 heteroatoms. The van der Waals surface area contributed by atoms with Gasteiger partial charge in [-0.25, -0.2) is 0 Å². The van der Waals surface area contributed by atoms with Crippen LogP contribution in [0.15, 0.2) is 71.6 Å². The molecule has 134 valence electrons. The molecule has 1 N–H and O–H groups in total. The van der Waals surface area contributed by atoms with Gasteiger partial charge in [-0.05, 0) is 53.9 Å². The Balaban J connectivity index is 1.50. The van der Waals surface area contributed by atoms with Gasteiger partial charge in [0, 0.05) is 11.4 Å². The Bertz CT molecular complexity index is 877. The lowest BCUT2D eigenvalue weighted by Gasteiger charge is -2.12. The van der Waals surface area contributed by atoms with E-state index in [0.717, 1.165) is 17.1 Å². The highest BCUT2D eigenvalue weighted by atomic mass is 32.2. The lowest BCUT2D eigenvalue weighted by Crippen LogP contribution is -2.32. The van der Waals surface area contributed by atoms with E-state index in [2.05, 4.69) is 35.6 Å². The molecular weight excluding hydrogens is 342 g/mol. The minimum absolute atomic E-state index is 0.0664. The third kappa shape index (κ3) is 4.79. The van der Waals surface area contributed by atoms with Gasteiger partial charge in [0.25, 0.3) is 0 Å². The van der Waals surface area contributed by atoms with Crippen molar-refractivity contribution in [2.75, 3.05) is 13.7 Å². The third-order valence-electron chi connectivity index (χ3n) is 4.27. The molecule has 0 fully saturated rings. The van der Waals surface area contributed by atoms with E-state index in [1.54, 1.807) is 18.9 Å². The van der Waals surface area contributed by atoms with Gasteiger partial charge in [0.2, 0.25) is 5.91 Å².